The molecule has 1 N–H and O–H groups in total. The summed E-state index contributed by atoms with van der Waals surface area (Å²) in [5.41, 5.74) is 6.18. The predicted octanol–water partition coefficient (Wildman–Crippen LogP) is 7.74. The van der Waals surface area contributed by atoms with Crippen molar-refractivity contribution >= 4 is 34.5 Å². The highest BCUT2D eigenvalue weighted by Crippen LogP contribution is 2.30. The number of halogens is 1. The Hall–Kier alpha value is -4.81. The van der Waals surface area contributed by atoms with Crippen molar-refractivity contribution in [1.82, 2.24) is 5.43 Å². The van der Waals surface area contributed by atoms with Gasteiger partial charge in [-0.25, -0.2) is 5.43 Å². The first-order valence-corrected chi connectivity index (χ1v) is 14.1. The summed E-state index contributed by atoms with van der Waals surface area (Å²) in [5.74, 6) is 1.68. The number of fused-ring (bicyclic) bond motifs is 1. The summed E-state index contributed by atoms with van der Waals surface area (Å²) in [7, 11) is 0. The lowest BCUT2D eigenvalue weighted by atomic mass is 10.0. The van der Waals surface area contributed by atoms with E-state index in [9.17, 15) is 4.79 Å². The van der Waals surface area contributed by atoms with Gasteiger partial charge in [0.15, 0.2) is 11.5 Å². The first-order valence-electron chi connectivity index (χ1n) is 13.7. The van der Waals surface area contributed by atoms with E-state index >= 15 is 0 Å². The largest absolute Gasteiger partial charge is 0.490 e. The molecule has 5 rings (SSSR count). The Morgan fingerprint density at radius 1 is 0.762 bits per heavy atom. The molecule has 0 spiro atoms. The molecule has 0 heterocycles. The van der Waals surface area contributed by atoms with Crippen LogP contribution in [0.25, 0.3) is 10.8 Å². The maximum absolute atomic E-state index is 12.6. The minimum absolute atomic E-state index is 0.213. The van der Waals surface area contributed by atoms with E-state index in [0.717, 1.165) is 27.5 Å². The standard InChI is InChI=1S/C35H31ClN2O4/c1-2-40-34-19-26(15-17-33(34)42-23-25-9-4-3-5-10-25)24-41-32-18-16-30(36)20-29(32)22-37-38-35(39)21-28-13-8-12-27-11-6-7-14-31(27)28/h3-20,22H,2,21,23-24H2,1H3,(H,38,39)/b37-22+. The third-order valence-electron chi connectivity index (χ3n) is 6.54. The fourth-order valence-corrected chi connectivity index (χ4v) is 4.69. The van der Waals surface area contributed by atoms with E-state index < -0.39 is 0 Å². The highest BCUT2D eigenvalue weighted by molar-refractivity contribution is 6.30. The average Bonchev–Trinajstić information content (AvgIpc) is 3.01. The molecule has 5 aromatic rings. The summed E-state index contributed by atoms with van der Waals surface area (Å²) in [6, 6.07) is 34.9. The van der Waals surface area contributed by atoms with Gasteiger partial charge in [0.05, 0.1) is 19.2 Å². The summed E-state index contributed by atoms with van der Waals surface area (Å²) < 4.78 is 18.0. The highest BCUT2D eigenvalue weighted by Gasteiger charge is 2.10. The Kier molecular flexibility index (Phi) is 9.70. The van der Waals surface area contributed by atoms with Crippen LogP contribution in [0, 0.1) is 0 Å². The van der Waals surface area contributed by atoms with Crippen molar-refractivity contribution in [2.75, 3.05) is 6.61 Å². The normalized spacial score (nSPS) is 11.0. The molecule has 6 nitrogen and oxygen atoms in total. The lowest BCUT2D eigenvalue weighted by Gasteiger charge is -2.14. The van der Waals surface area contributed by atoms with Gasteiger partial charge in [-0.3, -0.25) is 4.79 Å². The van der Waals surface area contributed by atoms with E-state index in [1.165, 1.54) is 6.21 Å². The van der Waals surface area contributed by atoms with Crippen LogP contribution >= 0.6 is 11.6 Å². The van der Waals surface area contributed by atoms with E-state index in [2.05, 4.69) is 10.5 Å². The van der Waals surface area contributed by atoms with Crippen LogP contribution in [0.5, 0.6) is 17.2 Å². The molecule has 212 valence electrons. The van der Waals surface area contributed by atoms with Crippen molar-refractivity contribution < 1.29 is 19.0 Å². The second-order valence-electron chi connectivity index (χ2n) is 9.57. The van der Waals surface area contributed by atoms with Gasteiger partial charge >= 0.3 is 0 Å². The topological polar surface area (TPSA) is 69.2 Å². The summed E-state index contributed by atoms with van der Waals surface area (Å²) in [6.07, 6.45) is 1.75. The van der Waals surface area contributed by atoms with E-state index in [-0.39, 0.29) is 18.9 Å². The molecule has 0 unspecified atom stereocenters. The molecule has 42 heavy (non-hydrogen) atoms. The van der Waals surface area contributed by atoms with Gasteiger partial charge in [-0.05, 0) is 64.7 Å². The molecule has 7 heteroatoms. The smallest absolute Gasteiger partial charge is 0.244 e. The van der Waals surface area contributed by atoms with Gasteiger partial charge in [0.2, 0.25) is 5.91 Å². The molecule has 0 fully saturated rings. The van der Waals surface area contributed by atoms with Crippen LogP contribution in [0.3, 0.4) is 0 Å². The lowest BCUT2D eigenvalue weighted by molar-refractivity contribution is -0.120. The quantitative estimate of drug-likeness (QED) is 0.121. The molecular formula is C35H31ClN2O4. The van der Waals surface area contributed by atoms with Gasteiger partial charge in [0, 0.05) is 10.6 Å². The summed E-state index contributed by atoms with van der Waals surface area (Å²) >= 11 is 6.25. The maximum Gasteiger partial charge on any atom is 0.244 e. The number of ether oxygens (including phenoxy) is 3. The molecule has 0 aliphatic heterocycles. The minimum atomic E-state index is -0.217. The third-order valence-corrected chi connectivity index (χ3v) is 6.77. The number of hydrazone groups is 1. The molecule has 0 saturated carbocycles. The van der Waals surface area contributed by atoms with E-state index in [0.29, 0.717) is 41.0 Å². The zero-order chi connectivity index (χ0) is 29.1. The van der Waals surface area contributed by atoms with Gasteiger partial charge in [-0.15, -0.1) is 0 Å². The number of amides is 1. The van der Waals surface area contributed by atoms with Crippen molar-refractivity contribution in [1.29, 1.82) is 0 Å². The summed E-state index contributed by atoms with van der Waals surface area (Å²) in [5, 5.41) is 6.84. The van der Waals surface area contributed by atoms with Gasteiger partial charge in [0.25, 0.3) is 0 Å². The van der Waals surface area contributed by atoms with Crippen LogP contribution in [0.15, 0.2) is 114 Å². The van der Waals surface area contributed by atoms with E-state index in [1.54, 1.807) is 18.2 Å². The SMILES string of the molecule is CCOc1cc(COc2ccc(Cl)cc2/C=N/NC(=O)Cc2cccc3ccccc23)ccc1OCc1ccccc1. The minimum Gasteiger partial charge on any atom is -0.490 e. The zero-order valence-corrected chi connectivity index (χ0v) is 24.0. The molecule has 0 bridgehead atoms. The first kappa shape index (κ1) is 28.7. The van der Waals surface area contributed by atoms with Gasteiger partial charge in [-0.1, -0.05) is 90.5 Å². The molecule has 0 aliphatic carbocycles. The number of nitrogens with zero attached hydrogens (tertiary/aromatic N) is 1. The van der Waals surface area contributed by atoms with Crippen LogP contribution in [-0.2, 0) is 24.4 Å². The van der Waals surface area contributed by atoms with Crippen molar-refractivity contribution in [2.45, 2.75) is 26.6 Å². The fraction of sp³-hybridized carbons (Fsp3) is 0.143. The second kappa shape index (κ2) is 14.2. The number of carbonyl (C=O) groups is 1. The van der Waals surface area contributed by atoms with E-state index in [1.807, 2.05) is 97.9 Å². The number of benzene rings is 5. The number of rotatable bonds is 12. The van der Waals surface area contributed by atoms with Crippen molar-refractivity contribution in [3.63, 3.8) is 0 Å². The van der Waals surface area contributed by atoms with Crippen molar-refractivity contribution in [3.05, 3.63) is 136 Å². The first-order chi connectivity index (χ1) is 20.6. The molecule has 0 saturated heterocycles. The zero-order valence-electron chi connectivity index (χ0n) is 23.3. The molecule has 5 aromatic carbocycles. The second-order valence-corrected chi connectivity index (χ2v) is 10.0. The summed E-state index contributed by atoms with van der Waals surface area (Å²) in [6.45, 7) is 3.18. The van der Waals surface area contributed by atoms with E-state index in [4.69, 9.17) is 25.8 Å². The van der Waals surface area contributed by atoms with Crippen molar-refractivity contribution in [2.24, 2.45) is 5.10 Å². The highest BCUT2D eigenvalue weighted by atomic mass is 35.5. The third kappa shape index (κ3) is 7.68. The molecule has 0 aromatic heterocycles. The Morgan fingerprint density at radius 2 is 1.50 bits per heavy atom. The Bertz CT molecular complexity index is 1680. The van der Waals surface area contributed by atoms with Crippen LogP contribution in [0.4, 0.5) is 0 Å². The average molecular weight is 579 g/mol. The number of hydrogen-bond acceptors (Lipinski definition) is 5. The Labute approximate surface area is 250 Å². The fourth-order valence-electron chi connectivity index (χ4n) is 4.51. The molecule has 0 radical (unpaired) electrons. The number of hydrogen-bond donors (Lipinski definition) is 1. The molecular weight excluding hydrogens is 548 g/mol. The monoisotopic (exact) mass is 578 g/mol. The molecule has 0 atom stereocenters. The van der Waals surface area contributed by atoms with Crippen LogP contribution in [0.2, 0.25) is 5.02 Å². The maximum atomic E-state index is 12.6. The summed E-state index contributed by atoms with van der Waals surface area (Å²) in [4.78, 5) is 12.6. The Morgan fingerprint density at radius 3 is 2.36 bits per heavy atom. The lowest BCUT2D eigenvalue weighted by Crippen LogP contribution is -2.20. The van der Waals surface area contributed by atoms with Crippen molar-refractivity contribution in [3.8, 4) is 17.2 Å². The number of nitrogens with one attached hydrogen (secondary N) is 1. The molecule has 0 aliphatic rings. The van der Waals surface area contributed by atoms with Crippen LogP contribution < -0.4 is 19.6 Å². The molecule has 1 amide bonds. The Balaban J connectivity index is 1.22. The number of carbonyl (C=O) groups excluding carboxylic acids is 1. The van der Waals surface area contributed by atoms with Crippen LogP contribution in [0.1, 0.15) is 29.2 Å². The van der Waals surface area contributed by atoms with Gasteiger partial charge < -0.3 is 14.2 Å². The van der Waals surface area contributed by atoms with Crippen LogP contribution in [-0.4, -0.2) is 18.7 Å². The van der Waals surface area contributed by atoms with Gasteiger partial charge in [0.1, 0.15) is 19.0 Å². The van der Waals surface area contributed by atoms with Gasteiger partial charge in [-0.2, -0.15) is 5.10 Å². The predicted molar refractivity (Wildman–Crippen MR) is 168 cm³/mol.